The summed E-state index contributed by atoms with van der Waals surface area (Å²) in [6, 6.07) is 8.67. The number of hydrogen-bond donors (Lipinski definition) is 2. The van der Waals surface area contributed by atoms with Gasteiger partial charge in [-0.2, -0.15) is 0 Å². The SMILES string of the molecule is O=C(CCC1CCCN(C(=O)Nc2cccc(F)c2)C1)NCc1ccc(F)cc1F. The van der Waals surface area contributed by atoms with E-state index in [-0.39, 0.29) is 36.4 Å². The molecule has 3 amide bonds. The Morgan fingerprint density at radius 1 is 1.07 bits per heavy atom. The number of benzene rings is 2. The lowest BCUT2D eigenvalue weighted by Gasteiger charge is -2.32. The molecule has 2 aromatic carbocycles. The van der Waals surface area contributed by atoms with E-state index in [4.69, 9.17) is 0 Å². The van der Waals surface area contributed by atoms with E-state index in [1.165, 1.54) is 24.3 Å². The summed E-state index contributed by atoms with van der Waals surface area (Å²) in [5.41, 5.74) is 0.622. The number of hydrogen-bond acceptors (Lipinski definition) is 2. The van der Waals surface area contributed by atoms with Crippen molar-refractivity contribution in [2.24, 2.45) is 5.92 Å². The molecule has 1 unspecified atom stereocenters. The van der Waals surface area contributed by atoms with E-state index < -0.39 is 17.5 Å². The molecule has 0 bridgehead atoms. The molecule has 1 aliphatic rings. The van der Waals surface area contributed by atoms with E-state index >= 15 is 0 Å². The fourth-order valence-electron chi connectivity index (χ4n) is 3.54. The lowest BCUT2D eigenvalue weighted by molar-refractivity contribution is -0.121. The maximum Gasteiger partial charge on any atom is 0.321 e. The molecule has 0 aliphatic carbocycles. The van der Waals surface area contributed by atoms with Gasteiger partial charge in [0, 0.05) is 43.4 Å². The summed E-state index contributed by atoms with van der Waals surface area (Å²) in [6.45, 7) is 1.12. The molecule has 1 atom stereocenters. The summed E-state index contributed by atoms with van der Waals surface area (Å²) in [5, 5.41) is 5.33. The van der Waals surface area contributed by atoms with Crippen LogP contribution in [0.3, 0.4) is 0 Å². The van der Waals surface area contributed by atoms with E-state index in [1.807, 2.05) is 0 Å². The van der Waals surface area contributed by atoms with Crippen LogP contribution >= 0.6 is 0 Å². The smallest absolute Gasteiger partial charge is 0.321 e. The van der Waals surface area contributed by atoms with Crippen LogP contribution in [0.15, 0.2) is 42.5 Å². The van der Waals surface area contributed by atoms with Crippen LogP contribution in [0.4, 0.5) is 23.7 Å². The Hall–Kier alpha value is -3.03. The first-order chi connectivity index (χ1) is 14.4. The molecule has 5 nitrogen and oxygen atoms in total. The van der Waals surface area contributed by atoms with Crippen molar-refractivity contribution in [3.8, 4) is 0 Å². The first-order valence-electron chi connectivity index (χ1n) is 9.93. The molecule has 1 heterocycles. The van der Waals surface area contributed by atoms with E-state index in [0.717, 1.165) is 25.0 Å². The highest BCUT2D eigenvalue weighted by Gasteiger charge is 2.24. The Morgan fingerprint density at radius 2 is 1.87 bits per heavy atom. The second-order valence-electron chi connectivity index (χ2n) is 7.45. The summed E-state index contributed by atoms with van der Waals surface area (Å²) in [6.07, 6.45) is 2.58. The van der Waals surface area contributed by atoms with Crippen molar-refractivity contribution in [2.45, 2.75) is 32.2 Å². The number of nitrogens with zero attached hydrogens (tertiary/aromatic N) is 1. The van der Waals surface area contributed by atoms with Crippen LogP contribution in [0, 0.1) is 23.4 Å². The molecule has 0 aromatic heterocycles. The zero-order valence-corrected chi connectivity index (χ0v) is 16.5. The third-order valence-corrected chi connectivity index (χ3v) is 5.15. The number of urea groups is 1. The Labute approximate surface area is 173 Å². The molecule has 1 fully saturated rings. The van der Waals surface area contributed by atoms with Crippen LogP contribution < -0.4 is 10.6 Å². The van der Waals surface area contributed by atoms with Gasteiger partial charge in [-0.3, -0.25) is 4.79 Å². The van der Waals surface area contributed by atoms with Crippen molar-refractivity contribution in [1.82, 2.24) is 10.2 Å². The lowest BCUT2D eigenvalue weighted by Crippen LogP contribution is -2.42. The molecule has 2 N–H and O–H groups in total. The van der Waals surface area contributed by atoms with Crippen molar-refractivity contribution in [3.05, 3.63) is 65.5 Å². The summed E-state index contributed by atoms with van der Waals surface area (Å²) in [7, 11) is 0. The van der Waals surface area contributed by atoms with Crippen LogP contribution in [-0.2, 0) is 11.3 Å². The Balaban J connectivity index is 1.43. The fourth-order valence-corrected chi connectivity index (χ4v) is 3.54. The van der Waals surface area contributed by atoms with Gasteiger partial charge in [-0.1, -0.05) is 12.1 Å². The number of halogens is 3. The maximum atomic E-state index is 13.6. The monoisotopic (exact) mass is 419 g/mol. The standard InChI is InChI=1S/C22H24F3N3O2/c23-17-4-1-5-19(11-17)27-22(30)28-10-2-3-15(14-28)6-9-21(29)26-13-16-7-8-18(24)12-20(16)25/h1,4-5,7-8,11-12,15H,2-3,6,9-10,13-14H2,(H,26,29)(H,27,30). The predicted octanol–water partition coefficient (Wildman–Crippen LogP) is 4.44. The first kappa shape index (κ1) is 21.7. The topological polar surface area (TPSA) is 61.4 Å². The second-order valence-corrected chi connectivity index (χ2v) is 7.45. The number of carbonyl (C=O) groups is 2. The third kappa shape index (κ3) is 6.23. The first-order valence-corrected chi connectivity index (χ1v) is 9.93. The third-order valence-electron chi connectivity index (χ3n) is 5.15. The van der Waals surface area contributed by atoms with Gasteiger partial charge in [-0.15, -0.1) is 0 Å². The fraction of sp³-hybridized carbons (Fsp3) is 0.364. The van der Waals surface area contributed by atoms with Gasteiger partial charge in [0.25, 0.3) is 0 Å². The molecule has 1 aliphatic heterocycles. The minimum absolute atomic E-state index is 0.00220. The number of anilines is 1. The number of carbonyl (C=O) groups excluding carboxylic acids is 2. The van der Waals surface area contributed by atoms with Crippen molar-refractivity contribution < 1.29 is 22.8 Å². The summed E-state index contributed by atoms with van der Waals surface area (Å²) >= 11 is 0. The van der Waals surface area contributed by atoms with Crippen molar-refractivity contribution in [1.29, 1.82) is 0 Å². The van der Waals surface area contributed by atoms with Crippen molar-refractivity contribution in [2.75, 3.05) is 18.4 Å². The highest BCUT2D eigenvalue weighted by Crippen LogP contribution is 2.22. The molecule has 160 valence electrons. The van der Waals surface area contributed by atoms with Gasteiger partial charge in [-0.25, -0.2) is 18.0 Å². The van der Waals surface area contributed by atoms with Gasteiger partial charge in [0.1, 0.15) is 17.5 Å². The van der Waals surface area contributed by atoms with Gasteiger partial charge in [0.15, 0.2) is 0 Å². The van der Waals surface area contributed by atoms with Crippen molar-refractivity contribution in [3.63, 3.8) is 0 Å². The summed E-state index contributed by atoms with van der Waals surface area (Å²) < 4.78 is 39.8. The molecular formula is C22H24F3N3O2. The predicted molar refractivity (Wildman–Crippen MR) is 107 cm³/mol. The zero-order chi connectivity index (χ0) is 21.5. The minimum atomic E-state index is -0.692. The molecule has 0 saturated carbocycles. The van der Waals surface area contributed by atoms with E-state index in [0.29, 0.717) is 25.2 Å². The van der Waals surface area contributed by atoms with E-state index in [1.54, 1.807) is 11.0 Å². The van der Waals surface area contributed by atoms with Crippen molar-refractivity contribution >= 4 is 17.6 Å². The van der Waals surface area contributed by atoms with Gasteiger partial charge < -0.3 is 15.5 Å². The number of amides is 3. The average molecular weight is 419 g/mol. The maximum absolute atomic E-state index is 13.6. The Morgan fingerprint density at radius 3 is 2.63 bits per heavy atom. The molecule has 1 saturated heterocycles. The quantitative estimate of drug-likeness (QED) is 0.727. The minimum Gasteiger partial charge on any atom is -0.352 e. The number of likely N-dealkylation sites (tertiary alicyclic amines) is 1. The van der Waals surface area contributed by atoms with Crippen LogP contribution in [0.2, 0.25) is 0 Å². The van der Waals surface area contributed by atoms with Crippen LogP contribution in [0.25, 0.3) is 0 Å². The number of rotatable bonds is 6. The van der Waals surface area contributed by atoms with Crippen LogP contribution in [-0.4, -0.2) is 29.9 Å². The van der Waals surface area contributed by atoms with Gasteiger partial charge >= 0.3 is 6.03 Å². The molecule has 2 aromatic rings. The number of piperidine rings is 1. The lowest BCUT2D eigenvalue weighted by atomic mass is 9.93. The van der Waals surface area contributed by atoms with Gasteiger partial charge in [0.2, 0.25) is 5.91 Å². The largest absolute Gasteiger partial charge is 0.352 e. The van der Waals surface area contributed by atoms with Gasteiger partial charge in [-0.05, 0) is 49.4 Å². The van der Waals surface area contributed by atoms with Gasteiger partial charge in [0.05, 0.1) is 0 Å². The number of nitrogens with one attached hydrogen (secondary N) is 2. The zero-order valence-electron chi connectivity index (χ0n) is 16.5. The second kappa shape index (κ2) is 10.1. The molecule has 30 heavy (non-hydrogen) atoms. The highest BCUT2D eigenvalue weighted by molar-refractivity contribution is 5.89. The normalized spacial score (nSPS) is 16.2. The summed E-state index contributed by atoms with van der Waals surface area (Å²) in [5.74, 6) is -1.82. The summed E-state index contributed by atoms with van der Waals surface area (Å²) in [4.78, 5) is 26.2. The molecule has 8 heteroatoms. The highest BCUT2D eigenvalue weighted by atomic mass is 19.1. The van der Waals surface area contributed by atoms with E-state index in [9.17, 15) is 22.8 Å². The molecular weight excluding hydrogens is 395 g/mol. The van der Waals surface area contributed by atoms with Crippen LogP contribution in [0.1, 0.15) is 31.2 Å². The molecule has 0 radical (unpaired) electrons. The molecule has 0 spiro atoms. The molecule has 3 rings (SSSR count). The van der Waals surface area contributed by atoms with E-state index in [2.05, 4.69) is 10.6 Å². The Bertz CT molecular complexity index is 907. The average Bonchev–Trinajstić information content (AvgIpc) is 2.72. The Kier molecular flexibility index (Phi) is 7.32. The van der Waals surface area contributed by atoms with Crippen LogP contribution in [0.5, 0.6) is 0 Å².